The first kappa shape index (κ1) is 46.1. The molecule has 3 heterocycles. The molecule has 2 aliphatic heterocycles. The third-order valence-corrected chi connectivity index (χ3v) is 17.4. The molecule has 0 N–H and O–H groups in total. The molecule has 8 aromatic rings. The van der Waals surface area contributed by atoms with Gasteiger partial charge in [0.15, 0.2) is 0 Å². The second-order valence-electron chi connectivity index (χ2n) is 23.9. The van der Waals surface area contributed by atoms with Crippen molar-refractivity contribution in [2.24, 2.45) is 0 Å². The average Bonchev–Trinajstić information content (AvgIpc) is 3.74. The van der Waals surface area contributed by atoms with E-state index in [0.717, 1.165) is 12.1 Å². The SMILES string of the molecule is Cc1cc2c3c(c1)N(c1ccc(C(C)(C)C)cc1)c1c(sc4c1C(C)(C)CCC4(C)C)B3c1ccc(N(c3ccccc3C)c3ccccc3C)cc1N2c1ccc(C(C)(C)C)cc1-c1ccccc1. The quantitative estimate of drug-likeness (QED) is 0.154. The Bertz CT molecular complexity index is 3300. The summed E-state index contributed by atoms with van der Waals surface area (Å²) in [6.45, 7) is 30.8. The van der Waals surface area contributed by atoms with Crippen LogP contribution in [0.15, 0.2) is 152 Å². The van der Waals surface area contributed by atoms with Gasteiger partial charge in [-0.25, -0.2) is 0 Å². The molecule has 0 saturated carbocycles. The molecule has 0 spiro atoms. The Labute approximate surface area is 422 Å². The summed E-state index contributed by atoms with van der Waals surface area (Å²) in [5.41, 5.74) is 24.2. The van der Waals surface area contributed by atoms with E-state index in [1.165, 1.54) is 112 Å². The van der Waals surface area contributed by atoms with E-state index in [0.29, 0.717) is 0 Å². The van der Waals surface area contributed by atoms with Crippen molar-refractivity contribution in [2.75, 3.05) is 14.7 Å². The number of para-hydroxylation sites is 2. The summed E-state index contributed by atoms with van der Waals surface area (Å²) in [6, 6.07) is 58.0. The highest BCUT2D eigenvalue weighted by Gasteiger charge is 2.51. The molecule has 0 saturated heterocycles. The molecule has 0 radical (unpaired) electrons. The van der Waals surface area contributed by atoms with E-state index in [1.54, 1.807) is 4.88 Å². The van der Waals surface area contributed by atoms with E-state index < -0.39 is 0 Å². The van der Waals surface area contributed by atoms with E-state index >= 15 is 0 Å². The Hall–Kier alpha value is -6.30. The molecular formula is C65H68BN3S. The highest BCUT2D eigenvalue weighted by atomic mass is 32.1. The van der Waals surface area contributed by atoms with Gasteiger partial charge in [0, 0.05) is 55.0 Å². The number of anilines is 9. The summed E-state index contributed by atoms with van der Waals surface area (Å²) in [4.78, 5) is 9.38. The molecule has 0 unspecified atom stereocenters. The van der Waals surface area contributed by atoms with Crippen LogP contribution < -0.4 is 30.4 Å². The van der Waals surface area contributed by atoms with Gasteiger partial charge < -0.3 is 14.7 Å². The van der Waals surface area contributed by atoms with Gasteiger partial charge in [-0.05, 0) is 166 Å². The van der Waals surface area contributed by atoms with Gasteiger partial charge in [-0.1, -0.05) is 160 Å². The predicted octanol–water partition coefficient (Wildman–Crippen LogP) is 16.8. The lowest BCUT2D eigenvalue weighted by molar-refractivity contribution is 0.339. The molecule has 0 atom stereocenters. The van der Waals surface area contributed by atoms with Crippen LogP contribution in [0.4, 0.5) is 51.2 Å². The molecule has 1 aromatic heterocycles. The average molecular weight is 934 g/mol. The van der Waals surface area contributed by atoms with Crippen LogP contribution in [0.1, 0.15) is 120 Å². The van der Waals surface area contributed by atoms with Crippen molar-refractivity contribution in [3.05, 3.63) is 190 Å². The third-order valence-electron chi connectivity index (χ3n) is 15.8. The Morgan fingerprint density at radius 1 is 0.543 bits per heavy atom. The van der Waals surface area contributed by atoms with Crippen molar-refractivity contribution in [1.82, 2.24) is 0 Å². The fourth-order valence-electron chi connectivity index (χ4n) is 11.8. The van der Waals surface area contributed by atoms with Crippen LogP contribution in [0.3, 0.4) is 0 Å². The normalized spacial score (nSPS) is 15.5. The Kier molecular flexibility index (Phi) is 10.8. The molecule has 0 bridgehead atoms. The van der Waals surface area contributed by atoms with Gasteiger partial charge in [-0.3, -0.25) is 0 Å². The number of fused-ring (bicyclic) bond motifs is 6. The zero-order valence-electron chi connectivity index (χ0n) is 43.7. The van der Waals surface area contributed by atoms with E-state index in [1.807, 2.05) is 0 Å². The molecule has 7 aromatic carbocycles. The molecule has 3 aliphatic rings. The zero-order chi connectivity index (χ0) is 49.2. The summed E-state index contributed by atoms with van der Waals surface area (Å²) in [5.74, 6) is 0. The first-order valence-corrected chi connectivity index (χ1v) is 26.3. The molecule has 11 rings (SSSR count). The van der Waals surface area contributed by atoms with Crippen LogP contribution in [0.2, 0.25) is 0 Å². The lowest BCUT2D eigenvalue weighted by atomic mass is 9.36. The highest BCUT2D eigenvalue weighted by Crippen LogP contribution is 2.57. The molecule has 1 aliphatic carbocycles. The van der Waals surface area contributed by atoms with Crippen molar-refractivity contribution in [2.45, 2.75) is 125 Å². The lowest BCUT2D eigenvalue weighted by Crippen LogP contribution is -2.60. The summed E-state index contributed by atoms with van der Waals surface area (Å²) in [7, 11) is 0. The van der Waals surface area contributed by atoms with Crippen LogP contribution >= 0.6 is 11.3 Å². The van der Waals surface area contributed by atoms with Gasteiger partial charge in [0.05, 0.1) is 11.4 Å². The maximum atomic E-state index is 2.69. The van der Waals surface area contributed by atoms with E-state index in [2.05, 4.69) is 268 Å². The summed E-state index contributed by atoms with van der Waals surface area (Å²) in [6.07, 6.45) is 2.32. The van der Waals surface area contributed by atoms with E-state index in [4.69, 9.17) is 0 Å². The van der Waals surface area contributed by atoms with Crippen molar-refractivity contribution >= 4 is 84.9 Å². The monoisotopic (exact) mass is 934 g/mol. The zero-order valence-corrected chi connectivity index (χ0v) is 44.5. The molecule has 0 amide bonds. The van der Waals surface area contributed by atoms with Crippen molar-refractivity contribution in [3.63, 3.8) is 0 Å². The minimum absolute atomic E-state index is 0.00292. The van der Waals surface area contributed by atoms with Gasteiger partial charge >= 0.3 is 0 Å². The number of rotatable bonds is 6. The minimum Gasteiger partial charge on any atom is -0.311 e. The second-order valence-corrected chi connectivity index (χ2v) is 25.0. The summed E-state index contributed by atoms with van der Waals surface area (Å²) < 4.78 is 1.46. The molecule has 352 valence electrons. The van der Waals surface area contributed by atoms with E-state index in [-0.39, 0.29) is 28.4 Å². The van der Waals surface area contributed by atoms with Crippen LogP contribution in [0.25, 0.3) is 11.1 Å². The molecule has 0 fully saturated rings. The fourth-order valence-corrected chi connectivity index (χ4v) is 13.5. The van der Waals surface area contributed by atoms with Crippen LogP contribution in [0, 0.1) is 20.8 Å². The van der Waals surface area contributed by atoms with Crippen molar-refractivity contribution in [1.29, 1.82) is 0 Å². The van der Waals surface area contributed by atoms with Crippen LogP contribution in [-0.4, -0.2) is 6.71 Å². The number of nitrogens with zero attached hydrogens (tertiary/aromatic N) is 3. The fraction of sp³-hybridized carbons (Fsp3) is 0.292. The number of hydrogen-bond acceptors (Lipinski definition) is 4. The Balaban J connectivity index is 1.27. The summed E-state index contributed by atoms with van der Waals surface area (Å²) >= 11 is 2.10. The second kappa shape index (κ2) is 16.4. The first-order valence-electron chi connectivity index (χ1n) is 25.5. The van der Waals surface area contributed by atoms with Gasteiger partial charge in [0.2, 0.25) is 0 Å². The third kappa shape index (κ3) is 7.45. The molecule has 70 heavy (non-hydrogen) atoms. The summed E-state index contributed by atoms with van der Waals surface area (Å²) in [5, 5.41) is 0. The van der Waals surface area contributed by atoms with Crippen molar-refractivity contribution < 1.29 is 0 Å². The maximum absolute atomic E-state index is 2.69. The first-order chi connectivity index (χ1) is 33.2. The van der Waals surface area contributed by atoms with Gasteiger partial charge in [-0.2, -0.15) is 11.3 Å². The number of thiophene rings is 1. The molecular weight excluding hydrogens is 866 g/mol. The lowest BCUT2D eigenvalue weighted by Gasteiger charge is -2.46. The maximum Gasteiger partial charge on any atom is 0.264 e. The largest absolute Gasteiger partial charge is 0.311 e. The smallest absolute Gasteiger partial charge is 0.264 e. The number of aryl methyl sites for hydroxylation is 3. The standard InChI is InChI=1S/C65H68BN3S/c1-41-37-55-58-56(38-41)69(53-34-29-46(63(7,8)9)39-49(53)44-23-15-14-16-24-44)54-40-48(67(51-25-19-17-21-42(51)2)52-26-20-18-22-43(52)3)32-33-50(54)66(58)61-59(57-60(70-61)65(12,13)36-35-64(57,10)11)68(55)47-30-27-45(28-31-47)62(4,5)6/h14-34,37-40H,35-36H2,1-13H3. The minimum atomic E-state index is -0.0382. The Morgan fingerprint density at radius 3 is 1.73 bits per heavy atom. The number of benzene rings is 7. The van der Waals surface area contributed by atoms with Crippen LogP contribution in [-0.2, 0) is 21.7 Å². The molecule has 3 nitrogen and oxygen atoms in total. The highest BCUT2D eigenvalue weighted by molar-refractivity contribution is 7.29. The molecule has 5 heteroatoms. The topological polar surface area (TPSA) is 9.72 Å². The van der Waals surface area contributed by atoms with Gasteiger partial charge in [0.25, 0.3) is 6.71 Å². The number of hydrogen-bond donors (Lipinski definition) is 0. The Morgan fingerprint density at radius 2 is 1.11 bits per heavy atom. The van der Waals surface area contributed by atoms with E-state index in [9.17, 15) is 0 Å². The van der Waals surface area contributed by atoms with Gasteiger partial charge in [0.1, 0.15) is 0 Å². The van der Waals surface area contributed by atoms with Crippen LogP contribution in [0.5, 0.6) is 0 Å². The van der Waals surface area contributed by atoms with Crippen molar-refractivity contribution in [3.8, 4) is 11.1 Å². The van der Waals surface area contributed by atoms with Gasteiger partial charge in [-0.15, -0.1) is 0 Å². The predicted molar refractivity (Wildman–Crippen MR) is 305 cm³/mol.